The van der Waals surface area contributed by atoms with E-state index in [0.29, 0.717) is 17.1 Å². The van der Waals surface area contributed by atoms with Crippen molar-refractivity contribution in [2.75, 3.05) is 45.3 Å². The number of halogens is 4. The van der Waals surface area contributed by atoms with Crippen LogP contribution in [0.2, 0.25) is 0 Å². The van der Waals surface area contributed by atoms with Crippen LogP contribution in [0.25, 0.3) is 0 Å². The van der Waals surface area contributed by atoms with Crippen molar-refractivity contribution in [1.29, 1.82) is 0 Å². The zero-order valence-corrected chi connectivity index (χ0v) is 15.1. The van der Waals surface area contributed by atoms with Crippen molar-refractivity contribution >= 4 is 11.6 Å². The van der Waals surface area contributed by atoms with Gasteiger partial charge in [-0.25, -0.2) is 0 Å². The first-order valence-electron chi connectivity index (χ1n) is 8.33. The number of benzene rings is 1. The van der Waals surface area contributed by atoms with E-state index in [9.17, 15) is 22.4 Å². The zero-order valence-electron chi connectivity index (χ0n) is 15.1. The first kappa shape index (κ1) is 19.7. The van der Waals surface area contributed by atoms with Gasteiger partial charge in [-0.3, -0.25) is 4.79 Å². The highest BCUT2D eigenvalue weighted by atomic mass is 19.2. The van der Waals surface area contributed by atoms with Crippen LogP contribution in [0.4, 0.5) is 23.2 Å². The third-order valence-electron chi connectivity index (χ3n) is 4.46. The fourth-order valence-corrected chi connectivity index (χ4v) is 3.00. The molecule has 1 amide bonds. The van der Waals surface area contributed by atoms with Crippen molar-refractivity contribution in [2.24, 2.45) is 0 Å². The van der Waals surface area contributed by atoms with Gasteiger partial charge in [0.1, 0.15) is 17.2 Å². The van der Waals surface area contributed by atoms with Crippen LogP contribution >= 0.6 is 0 Å². The highest BCUT2D eigenvalue weighted by Gasteiger charge is 2.29. The lowest BCUT2D eigenvalue weighted by Crippen LogP contribution is -2.49. The molecule has 0 unspecified atom stereocenters. The predicted molar refractivity (Wildman–Crippen MR) is 91.7 cm³/mol. The third kappa shape index (κ3) is 3.67. The Labute approximate surface area is 158 Å². The summed E-state index contributed by atoms with van der Waals surface area (Å²) in [7, 11) is 2.91. The minimum absolute atomic E-state index is 0.0103. The first-order valence-corrected chi connectivity index (χ1v) is 8.33. The molecule has 0 radical (unpaired) electrons. The summed E-state index contributed by atoms with van der Waals surface area (Å²) in [5.41, 5.74) is -0.497. The second kappa shape index (κ2) is 7.91. The van der Waals surface area contributed by atoms with Crippen LogP contribution in [-0.2, 0) is 0 Å². The normalized spacial score (nSPS) is 14.2. The molecule has 0 atom stereocenters. The number of pyridine rings is 1. The Morgan fingerprint density at radius 3 is 1.86 bits per heavy atom. The number of ether oxygens (including phenoxy) is 2. The maximum Gasteiger partial charge on any atom is 0.254 e. The number of piperazine rings is 1. The molecule has 1 aromatic heterocycles. The summed E-state index contributed by atoms with van der Waals surface area (Å²) in [4.78, 5) is 17.9. The molecule has 150 valence electrons. The molecule has 1 aromatic carbocycles. The molecule has 0 spiro atoms. The largest absolute Gasteiger partial charge is 0.497 e. The molecule has 1 fully saturated rings. The van der Waals surface area contributed by atoms with Gasteiger partial charge in [0.15, 0.2) is 0 Å². The van der Waals surface area contributed by atoms with Gasteiger partial charge in [0.05, 0.1) is 14.2 Å². The van der Waals surface area contributed by atoms with Crippen molar-refractivity contribution in [1.82, 2.24) is 9.88 Å². The van der Waals surface area contributed by atoms with Gasteiger partial charge in [0, 0.05) is 37.8 Å². The Bertz CT molecular complexity index is 854. The molecule has 28 heavy (non-hydrogen) atoms. The van der Waals surface area contributed by atoms with E-state index in [1.807, 2.05) is 0 Å². The van der Waals surface area contributed by atoms with Gasteiger partial charge in [0.25, 0.3) is 17.8 Å². The molecule has 0 aliphatic carbocycles. The Kier molecular flexibility index (Phi) is 5.57. The van der Waals surface area contributed by atoms with E-state index in [4.69, 9.17) is 9.47 Å². The monoisotopic (exact) mass is 399 g/mol. The molecule has 1 saturated heterocycles. The van der Waals surface area contributed by atoms with Crippen LogP contribution in [-0.4, -0.2) is 56.2 Å². The van der Waals surface area contributed by atoms with E-state index >= 15 is 0 Å². The number of hydrogen-bond donors (Lipinski definition) is 0. The molecule has 2 aromatic rings. The van der Waals surface area contributed by atoms with Crippen molar-refractivity contribution < 1.29 is 31.8 Å². The van der Waals surface area contributed by atoms with Gasteiger partial charge in [-0.2, -0.15) is 22.5 Å². The smallest absolute Gasteiger partial charge is 0.254 e. The minimum Gasteiger partial charge on any atom is -0.497 e. The molecular weight excluding hydrogens is 382 g/mol. The molecule has 2 heterocycles. The summed E-state index contributed by atoms with van der Waals surface area (Å²) in [6, 6.07) is 4.71. The average molecular weight is 399 g/mol. The Balaban J connectivity index is 1.77. The molecule has 1 aliphatic rings. The molecule has 10 heteroatoms. The summed E-state index contributed by atoms with van der Waals surface area (Å²) in [6.45, 7) is 0.179. The number of aromatic nitrogens is 1. The van der Waals surface area contributed by atoms with Crippen molar-refractivity contribution in [3.05, 3.63) is 47.3 Å². The summed E-state index contributed by atoms with van der Waals surface area (Å²) < 4.78 is 64.8. The lowest BCUT2D eigenvalue weighted by molar-refractivity contribution is 0.0745. The SMILES string of the molecule is COc1cc(OC)cc(C(=O)N2CCN(c3c(F)c(F)nc(F)c3F)CC2)c1. The van der Waals surface area contributed by atoms with Crippen molar-refractivity contribution in [3.63, 3.8) is 0 Å². The van der Waals surface area contributed by atoms with Crippen LogP contribution in [0, 0.1) is 23.5 Å². The molecule has 6 nitrogen and oxygen atoms in total. The Morgan fingerprint density at radius 2 is 1.39 bits per heavy atom. The number of carbonyl (C=O) groups is 1. The number of amides is 1. The second-order valence-electron chi connectivity index (χ2n) is 6.05. The van der Waals surface area contributed by atoms with E-state index in [1.54, 1.807) is 18.2 Å². The van der Waals surface area contributed by atoms with E-state index in [1.165, 1.54) is 19.1 Å². The number of carbonyl (C=O) groups excluding carboxylic acids is 1. The lowest BCUT2D eigenvalue weighted by atomic mass is 10.1. The van der Waals surface area contributed by atoms with Gasteiger partial charge >= 0.3 is 0 Å². The fraction of sp³-hybridized carbons (Fsp3) is 0.333. The van der Waals surface area contributed by atoms with E-state index in [0.717, 1.165) is 4.90 Å². The number of nitrogens with zero attached hydrogens (tertiary/aromatic N) is 3. The number of methoxy groups -OCH3 is 2. The summed E-state index contributed by atoms with van der Waals surface area (Å²) >= 11 is 0. The third-order valence-corrected chi connectivity index (χ3v) is 4.46. The van der Waals surface area contributed by atoms with Gasteiger partial charge in [-0.15, -0.1) is 0 Å². The van der Waals surface area contributed by atoms with E-state index < -0.39 is 29.2 Å². The highest BCUT2D eigenvalue weighted by molar-refractivity contribution is 5.95. The Morgan fingerprint density at radius 1 is 0.893 bits per heavy atom. The van der Waals surface area contributed by atoms with Gasteiger partial charge in [0.2, 0.25) is 11.6 Å². The molecule has 0 bridgehead atoms. The predicted octanol–water partition coefficient (Wildman–Crippen LogP) is 2.62. The number of rotatable bonds is 4. The van der Waals surface area contributed by atoms with Crippen LogP contribution in [0.5, 0.6) is 11.5 Å². The van der Waals surface area contributed by atoms with E-state index in [2.05, 4.69) is 4.98 Å². The minimum atomic E-state index is -1.71. The fourth-order valence-electron chi connectivity index (χ4n) is 3.00. The second-order valence-corrected chi connectivity index (χ2v) is 6.05. The van der Waals surface area contributed by atoms with Gasteiger partial charge in [-0.05, 0) is 12.1 Å². The maximum absolute atomic E-state index is 13.9. The zero-order chi connectivity index (χ0) is 20.4. The van der Waals surface area contributed by atoms with Crippen molar-refractivity contribution in [2.45, 2.75) is 0 Å². The lowest BCUT2D eigenvalue weighted by Gasteiger charge is -2.36. The van der Waals surface area contributed by atoms with Gasteiger partial charge < -0.3 is 19.3 Å². The number of hydrogen-bond acceptors (Lipinski definition) is 5. The van der Waals surface area contributed by atoms with Crippen LogP contribution in [0.15, 0.2) is 18.2 Å². The quantitative estimate of drug-likeness (QED) is 0.585. The number of anilines is 1. The van der Waals surface area contributed by atoms with Crippen molar-refractivity contribution in [3.8, 4) is 11.5 Å². The molecule has 0 N–H and O–H groups in total. The first-order chi connectivity index (χ1) is 13.3. The average Bonchev–Trinajstić information content (AvgIpc) is 2.72. The van der Waals surface area contributed by atoms with Crippen LogP contribution in [0.1, 0.15) is 10.4 Å². The highest BCUT2D eigenvalue weighted by Crippen LogP contribution is 2.28. The molecule has 0 saturated carbocycles. The maximum atomic E-state index is 13.9. The standard InChI is InChI=1S/C18H17F4N3O3/c1-27-11-7-10(8-12(9-11)28-2)18(26)25-5-3-24(4-6-25)15-13(19)16(21)23-17(22)14(15)20/h7-9H,3-6H2,1-2H3. The molecule has 1 aliphatic heterocycles. The summed E-state index contributed by atoms with van der Waals surface area (Å²) in [6.07, 6.45) is 0. The molecule has 3 rings (SSSR count). The molecular formula is C18H17F4N3O3. The van der Waals surface area contributed by atoms with E-state index in [-0.39, 0.29) is 32.1 Å². The van der Waals surface area contributed by atoms with Gasteiger partial charge in [-0.1, -0.05) is 0 Å². The topological polar surface area (TPSA) is 54.9 Å². The summed E-state index contributed by atoms with van der Waals surface area (Å²) in [5.74, 6) is -5.99. The summed E-state index contributed by atoms with van der Waals surface area (Å²) in [5, 5.41) is 0. The Hall–Kier alpha value is -3.04. The van der Waals surface area contributed by atoms with Crippen LogP contribution < -0.4 is 14.4 Å². The van der Waals surface area contributed by atoms with Crippen LogP contribution in [0.3, 0.4) is 0 Å².